The molecule has 0 heterocycles. The van der Waals surface area contributed by atoms with E-state index in [1.165, 1.54) is 0 Å². The molecule has 7 heteroatoms. The summed E-state index contributed by atoms with van der Waals surface area (Å²) in [4.78, 5) is 27.5. The Hall–Kier alpha value is -3.45. The van der Waals surface area contributed by atoms with Crippen LogP contribution in [-0.4, -0.2) is 32.5 Å². The number of nitrogens with zero attached hydrogens (tertiary/aromatic N) is 1. The van der Waals surface area contributed by atoms with Gasteiger partial charge in [0.25, 0.3) is 5.91 Å². The zero-order valence-corrected chi connectivity index (χ0v) is 20.8. The number of hydrogen-bond acceptors (Lipinski definition) is 4. The van der Waals surface area contributed by atoms with Gasteiger partial charge >= 0.3 is 0 Å². The van der Waals surface area contributed by atoms with Crippen LogP contribution in [0.25, 0.3) is 0 Å². The topological polar surface area (TPSA) is 83.6 Å². The molecule has 0 aromatic heterocycles. The lowest BCUT2D eigenvalue weighted by Crippen LogP contribution is -2.30. The highest BCUT2D eigenvalue weighted by Gasteiger charge is 2.29. The number of rotatable bonds is 9. The number of anilines is 2. The molecule has 1 aliphatic rings. The quantitative estimate of drug-likeness (QED) is 0.456. The first kappa shape index (κ1) is 24.7. The fourth-order valence-electron chi connectivity index (χ4n) is 3.92. The molecule has 1 saturated carbocycles. The van der Waals surface area contributed by atoms with Crippen LogP contribution in [0.1, 0.15) is 41.3 Å². The Morgan fingerprint density at radius 3 is 2.11 bits per heavy atom. The van der Waals surface area contributed by atoms with E-state index in [0.717, 1.165) is 29.7 Å². The van der Waals surface area contributed by atoms with E-state index in [0.29, 0.717) is 28.6 Å². The molecule has 6 nitrogen and oxygen atoms in total. The molecule has 0 radical (unpaired) electrons. The Bertz CT molecular complexity index is 1290. The predicted molar refractivity (Wildman–Crippen MR) is 139 cm³/mol. The predicted octanol–water partition coefficient (Wildman–Crippen LogP) is 5.03. The van der Waals surface area contributed by atoms with E-state index in [2.05, 4.69) is 5.32 Å². The number of aryl methyl sites for hydroxylation is 1. The summed E-state index contributed by atoms with van der Waals surface area (Å²) in [5.41, 5.74) is 3.83. The maximum absolute atomic E-state index is 13.0. The molecule has 1 aliphatic carbocycles. The molecular formula is C28H30N2O4S. The van der Waals surface area contributed by atoms with Crippen LogP contribution in [0.5, 0.6) is 0 Å². The molecule has 0 atom stereocenters. The van der Waals surface area contributed by atoms with Crippen LogP contribution in [0.2, 0.25) is 0 Å². The molecule has 35 heavy (non-hydrogen) atoms. The summed E-state index contributed by atoms with van der Waals surface area (Å²) in [6.45, 7) is 4.48. The van der Waals surface area contributed by atoms with Gasteiger partial charge in [-0.1, -0.05) is 29.8 Å². The Labute approximate surface area is 206 Å². The van der Waals surface area contributed by atoms with Crippen molar-refractivity contribution in [2.45, 2.75) is 38.0 Å². The first-order valence-corrected chi connectivity index (χ1v) is 13.5. The van der Waals surface area contributed by atoms with Crippen LogP contribution >= 0.6 is 0 Å². The van der Waals surface area contributed by atoms with Crippen molar-refractivity contribution in [3.05, 3.63) is 89.5 Å². The number of benzene rings is 3. The van der Waals surface area contributed by atoms with E-state index in [9.17, 15) is 18.0 Å². The Balaban J connectivity index is 1.35. The normalized spacial score (nSPS) is 13.3. The first-order valence-electron chi connectivity index (χ1n) is 11.9. The SMILES string of the molecule is CCN(C(=O)c1ccc(NC(=O)Cc2ccc(S(=O)(=O)CC3CC3)cc2)cc1)c1ccc(C)cc1. The lowest BCUT2D eigenvalue weighted by atomic mass is 10.1. The average Bonchev–Trinajstić information content (AvgIpc) is 3.65. The van der Waals surface area contributed by atoms with Gasteiger partial charge in [0.2, 0.25) is 5.91 Å². The lowest BCUT2D eigenvalue weighted by Gasteiger charge is -2.21. The van der Waals surface area contributed by atoms with Gasteiger partial charge in [-0.2, -0.15) is 0 Å². The van der Waals surface area contributed by atoms with Gasteiger partial charge in [-0.3, -0.25) is 9.59 Å². The zero-order chi connectivity index (χ0) is 25.0. The smallest absolute Gasteiger partial charge is 0.258 e. The van der Waals surface area contributed by atoms with Crippen molar-refractivity contribution >= 4 is 33.0 Å². The third-order valence-corrected chi connectivity index (χ3v) is 8.02. The van der Waals surface area contributed by atoms with Gasteiger partial charge in [0.1, 0.15) is 0 Å². The van der Waals surface area contributed by atoms with Crippen LogP contribution in [0.4, 0.5) is 11.4 Å². The molecule has 3 aromatic carbocycles. The molecule has 3 aromatic rings. The second-order valence-corrected chi connectivity index (χ2v) is 11.1. The molecule has 4 rings (SSSR count). The van der Waals surface area contributed by atoms with Crippen molar-refractivity contribution in [2.24, 2.45) is 5.92 Å². The summed E-state index contributed by atoms with van der Waals surface area (Å²) in [5, 5.41) is 2.83. The van der Waals surface area contributed by atoms with Crippen molar-refractivity contribution in [3.8, 4) is 0 Å². The summed E-state index contributed by atoms with van der Waals surface area (Å²) in [7, 11) is -3.26. The highest BCUT2D eigenvalue weighted by atomic mass is 32.2. The minimum atomic E-state index is -3.26. The first-order chi connectivity index (χ1) is 16.7. The molecule has 2 amide bonds. The Morgan fingerprint density at radius 1 is 0.914 bits per heavy atom. The fourth-order valence-corrected chi connectivity index (χ4v) is 5.61. The molecule has 0 bridgehead atoms. The van der Waals surface area contributed by atoms with Gasteiger partial charge in [-0.25, -0.2) is 8.42 Å². The Kier molecular flexibility index (Phi) is 7.36. The molecule has 0 aliphatic heterocycles. The summed E-state index contributed by atoms with van der Waals surface area (Å²) < 4.78 is 24.8. The summed E-state index contributed by atoms with van der Waals surface area (Å²) in [6.07, 6.45) is 2.09. The van der Waals surface area contributed by atoms with Crippen LogP contribution in [-0.2, 0) is 21.1 Å². The minimum Gasteiger partial charge on any atom is -0.326 e. The van der Waals surface area contributed by atoms with Crippen molar-refractivity contribution in [1.82, 2.24) is 0 Å². The molecule has 1 fully saturated rings. The highest BCUT2D eigenvalue weighted by Crippen LogP contribution is 2.32. The fraction of sp³-hybridized carbons (Fsp3) is 0.286. The van der Waals surface area contributed by atoms with E-state index in [1.807, 2.05) is 38.1 Å². The summed E-state index contributed by atoms with van der Waals surface area (Å²) in [5.74, 6) is 0.171. The molecule has 0 unspecified atom stereocenters. The third-order valence-electron chi connectivity index (χ3n) is 6.12. The molecular weight excluding hydrogens is 460 g/mol. The van der Waals surface area contributed by atoms with Gasteiger partial charge in [0.15, 0.2) is 9.84 Å². The number of amides is 2. The summed E-state index contributed by atoms with van der Waals surface area (Å²) in [6, 6.07) is 21.2. The summed E-state index contributed by atoms with van der Waals surface area (Å²) >= 11 is 0. The molecule has 0 spiro atoms. The van der Waals surface area contributed by atoms with Gasteiger partial charge < -0.3 is 10.2 Å². The third kappa shape index (κ3) is 6.36. The highest BCUT2D eigenvalue weighted by molar-refractivity contribution is 7.91. The van der Waals surface area contributed by atoms with Crippen LogP contribution in [0, 0.1) is 12.8 Å². The molecule has 1 N–H and O–H groups in total. The van der Waals surface area contributed by atoms with E-state index in [4.69, 9.17) is 0 Å². The van der Waals surface area contributed by atoms with Crippen molar-refractivity contribution in [2.75, 3.05) is 22.5 Å². The van der Waals surface area contributed by atoms with E-state index < -0.39 is 9.84 Å². The van der Waals surface area contributed by atoms with Gasteiger partial charge in [-0.05, 0) is 86.7 Å². The van der Waals surface area contributed by atoms with Gasteiger partial charge in [-0.15, -0.1) is 0 Å². The number of sulfone groups is 1. The van der Waals surface area contributed by atoms with E-state index in [1.54, 1.807) is 53.4 Å². The van der Waals surface area contributed by atoms with Gasteiger partial charge in [0, 0.05) is 23.5 Å². The maximum atomic E-state index is 13.0. The number of hydrogen-bond donors (Lipinski definition) is 1. The van der Waals surface area contributed by atoms with Gasteiger partial charge in [0.05, 0.1) is 17.1 Å². The largest absolute Gasteiger partial charge is 0.326 e. The van der Waals surface area contributed by atoms with Crippen LogP contribution < -0.4 is 10.2 Å². The van der Waals surface area contributed by atoms with Crippen LogP contribution in [0.15, 0.2) is 77.7 Å². The zero-order valence-electron chi connectivity index (χ0n) is 20.0. The average molecular weight is 491 g/mol. The number of carbonyl (C=O) groups excluding carboxylic acids is 2. The second kappa shape index (κ2) is 10.4. The van der Waals surface area contributed by atoms with Crippen molar-refractivity contribution in [1.29, 1.82) is 0 Å². The minimum absolute atomic E-state index is 0.106. The monoisotopic (exact) mass is 490 g/mol. The van der Waals surface area contributed by atoms with E-state index in [-0.39, 0.29) is 24.0 Å². The number of nitrogens with one attached hydrogen (secondary N) is 1. The van der Waals surface area contributed by atoms with E-state index >= 15 is 0 Å². The second-order valence-electron chi connectivity index (χ2n) is 9.06. The maximum Gasteiger partial charge on any atom is 0.258 e. The molecule has 182 valence electrons. The number of carbonyl (C=O) groups is 2. The molecule has 0 saturated heterocycles. The van der Waals surface area contributed by atoms with Crippen molar-refractivity contribution in [3.63, 3.8) is 0 Å². The Morgan fingerprint density at radius 2 is 1.54 bits per heavy atom. The van der Waals surface area contributed by atoms with Crippen LogP contribution in [0.3, 0.4) is 0 Å². The van der Waals surface area contributed by atoms with Crippen molar-refractivity contribution < 1.29 is 18.0 Å². The standard InChI is InChI=1S/C28H30N2O4S/c1-3-30(25-14-4-20(2)5-15-25)28(32)23-10-12-24(13-11-23)29-27(31)18-21-8-16-26(17-9-21)35(33,34)19-22-6-7-22/h4-5,8-17,22H,3,6-7,18-19H2,1-2H3,(H,29,31). The lowest BCUT2D eigenvalue weighted by molar-refractivity contribution is -0.115.